The van der Waals surface area contributed by atoms with Crippen LogP contribution in [0, 0.1) is 0 Å². The zero-order valence-electron chi connectivity index (χ0n) is 17.3. The van der Waals surface area contributed by atoms with Crippen LogP contribution >= 0.6 is 0 Å². The average molecular weight is 401 g/mol. The van der Waals surface area contributed by atoms with E-state index in [1.807, 2.05) is 20.8 Å². The predicted molar refractivity (Wildman–Crippen MR) is 105 cm³/mol. The second kappa shape index (κ2) is 7.85. The molecule has 0 spiro atoms. The molecule has 1 fully saturated rings. The molecule has 0 bridgehead atoms. The van der Waals surface area contributed by atoms with E-state index in [2.05, 4.69) is 0 Å². The molecule has 3 rings (SSSR count). The molecule has 0 radical (unpaired) electrons. The van der Waals surface area contributed by atoms with E-state index >= 15 is 0 Å². The molecule has 1 aromatic rings. The van der Waals surface area contributed by atoms with Crippen molar-refractivity contribution in [1.29, 1.82) is 0 Å². The average Bonchev–Trinajstić information content (AvgIpc) is 2.82. The second-order valence-corrected chi connectivity index (χ2v) is 8.35. The van der Waals surface area contributed by atoms with Gasteiger partial charge in [0.1, 0.15) is 11.6 Å². The van der Waals surface area contributed by atoms with Crippen molar-refractivity contribution < 1.29 is 23.9 Å². The summed E-state index contributed by atoms with van der Waals surface area (Å²) >= 11 is 0. The lowest BCUT2D eigenvalue weighted by Gasteiger charge is -2.29. The highest BCUT2D eigenvalue weighted by Crippen LogP contribution is 2.25. The summed E-state index contributed by atoms with van der Waals surface area (Å²) in [6, 6.07) is 5.67. The third kappa shape index (κ3) is 4.26. The lowest BCUT2D eigenvalue weighted by molar-refractivity contribution is -0.134. The molecule has 0 aromatic heterocycles. The van der Waals surface area contributed by atoms with Gasteiger partial charge in [0.25, 0.3) is 11.8 Å². The minimum Gasteiger partial charge on any atom is -0.444 e. The fourth-order valence-corrected chi connectivity index (χ4v) is 3.58. The molecule has 2 aliphatic heterocycles. The number of nitrogens with zero attached hydrogens (tertiary/aromatic N) is 3. The largest absolute Gasteiger partial charge is 0.444 e. The van der Waals surface area contributed by atoms with Gasteiger partial charge in [-0.1, -0.05) is 12.1 Å². The zero-order valence-corrected chi connectivity index (χ0v) is 17.3. The van der Waals surface area contributed by atoms with E-state index in [9.17, 15) is 19.2 Å². The monoisotopic (exact) mass is 401 g/mol. The van der Waals surface area contributed by atoms with Crippen molar-refractivity contribution in [3.8, 4) is 0 Å². The number of fused-ring (bicyclic) bond motifs is 1. The van der Waals surface area contributed by atoms with Gasteiger partial charge in [-0.25, -0.2) is 4.79 Å². The van der Waals surface area contributed by atoms with Crippen LogP contribution in [0.3, 0.4) is 0 Å². The molecule has 0 N–H and O–H groups in total. The first-order valence-electron chi connectivity index (χ1n) is 9.84. The van der Waals surface area contributed by atoms with Gasteiger partial charge in [0.2, 0.25) is 5.91 Å². The summed E-state index contributed by atoms with van der Waals surface area (Å²) in [5, 5.41) is 0. The van der Waals surface area contributed by atoms with Crippen LogP contribution in [0.5, 0.6) is 0 Å². The smallest absolute Gasteiger partial charge is 0.410 e. The van der Waals surface area contributed by atoms with Gasteiger partial charge < -0.3 is 14.5 Å². The lowest BCUT2D eigenvalue weighted by atomic mass is 10.1. The van der Waals surface area contributed by atoms with Gasteiger partial charge >= 0.3 is 6.09 Å². The van der Waals surface area contributed by atoms with Gasteiger partial charge in [-0.05, 0) is 46.2 Å². The highest BCUT2D eigenvalue weighted by Gasteiger charge is 2.42. The third-order valence-corrected chi connectivity index (χ3v) is 5.03. The number of carbonyl (C=O) groups excluding carboxylic acids is 4. The predicted octanol–water partition coefficient (Wildman–Crippen LogP) is 2.14. The Hall–Kier alpha value is -2.90. The Labute approximate surface area is 170 Å². The summed E-state index contributed by atoms with van der Waals surface area (Å²) in [6.07, 6.45) is 0.194. The van der Waals surface area contributed by atoms with Crippen LogP contribution < -0.4 is 0 Å². The number of benzene rings is 1. The van der Waals surface area contributed by atoms with Gasteiger partial charge in [-0.15, -0.1) is 0 Å². The third-order valence-electron chi connectivity index (χ3n) is 5.03. The molecule has 4 amide bonds. The normalized spacial score (nSPS) is 18.4. The first-order valence-corrected chi connectivity index (χ1v) is 9.84. The summed E-state index contributed by atoms with van der Waals surface area (Å²) in [7, 11) is 0. The Morgan fingerprint density at radius 3 is 2.00 bits per heavy atom. The summed E-state index contributed by atoms with van der Waals surface area (Å²) < 4.78 is 5.41. The van der Waals surface area contributed by atoms with Crippen molar-refractivity contribution in [1.82, 2.24) is 14.7 Å². The fourth-order valence-electron chi connectivity index (χ4n) is 3.58. The van der Waals surface area contributed by atoms with Gasteiger partial charge in [0, 0.05) is 26.2 Å². The van der Waals surface area contributed by atoms with Crippen LogP contribution in [0.25, 0.3) is 0 Å². The number of imide groups is 1. The molecule has 1 saturated heterocycles. The maximum Gasteiger partial charge on any atom is 0.410 e. The van der Waals surface area contributed by atoms with E-state index in [1.165, 1.54) is 0 Å². The number of amides is 4. The Bertz CT molecular complexity index is 810. The molecule has 2 heterocycles. The highest BCUT2D eigenvalue weighted by molar-refractivity contribution is 6.22. The molecule has 1 unspecified atom stereocenters. The molecular weight excluding hydrogens is 374 g/mol. The summed E-state index contributed by atoms with van der Waals surface area (Å²) in [4.78, 5) is 54.8. The van der Waals surface area contributed by atoms with Gasteiger partial charge in [-0.3, -0.25) is 19.3 Å². The van der Waals surface area contributed by atoms with E-state index in [4.69, 9.17) is 4.74 Å². The van der Waals surface area contributed by atoms with Crippen LogP contribution in [0.1, 0.15) is 54.8 Å². The number of hydrogen-bond acceptors (Lipinski definition) is 5. The van der Waals surface area contributed by atoms with Crippen molar-refractivity contribution in [2.45, 2.75) is 45.8 Å². The van der Waals surface area contributed by atoms with E-state index < -0.39 is 29.6 Å². The van der Waals surface area contributed by atoms with Crippen molar-refractivity contribution in [3.05, 3.63) is 35.4 Å². The van der Waals surface area contributed by atoms with Gasteiger partial charge in [0.05, 0.1) is 11.1 Å². The minimum atomic E-state index is -0.907. The number of hydrogen-bond donors (Lipinski definition) is 0. The standard InChI is InChI=1S/C21H27N3O5/c1-14(24-18(26)15-8-5-6-9-16(15)19(24)27)17(25)22-10-7-11-23(13-12-22)20(28)29-21(2,3)4/h5-6,8-9,14H,7,10-13H2,1-4H3. The molecule has 1 aromatic carbocycles. The van der Waals surface area contributed by atoms with E-state index in [-0.39, 0.29) is 5.91 Å². The van der Waals surface area contributed by atoms with Crippen molar-refractivity contribution in [2.24, 2.45) is 0 Å². The molecule has 156 valence electrons. The van der Waals surface area contributed by atoms with Crippen LogP contribution in [0.2, 0.25) is 0 Å². The SMILES string of the molecule is CC(C(=O)N1CCCN(C(=O)OC(C)(C)C)CC1)N1C(=O)c2ccccc2C1=O. The van der Waals surface area contributed by atoms with Crippen LogP contribution in [0.15, 0.2) is 24.3 Å². The van der Waals surface area contributed by atoms with Crippen molar-refractivity contribution >= 4 is 23.8 Å². The number of rotatable bonds is 2. The maximum atomic E-state index is 13.0. The fraction of sp³-hybridized carbons (Fsp3) is 0.524. The molecule has 1 atom stereocenters. The Morgan fingerprint density at radius 2 is 1.45 bits per heavy atom. The minimum absolute atomic E-state index is 0.300. The molecular formula is C21H27N3O5. The first kappa shape index (κ1) is 20.8. The zero-order chi connectivity index (χ0) is 21.3. The molecule has 8 heteroatoms. The van der Waals surface area contributed by atoms with E-state index in [1.54, 1.807) is 41.0 Å². The molecule has 29 heavy (non-hydrogen) atoms. The summed E-state index contributed by atoms with van der Waals surface area (Å²) in [5.41, 5.74) is 0.0621. The topological polar surface area (TPSA) is 87.2 Å². The Kier molecular flexibility index (Phi) is 5.64. The van der Waals surface area contributed by atoms with Crippen molar-refractivity contribution in [3.63, 3.8) is 0 Å². The highest BCUT2D eigenvalue weighted by atomic mass is 16.6. The van der Waals surface area contributed by atoms with E-state index in [0.29, 0.717) is 43.7 Å². The molecule has 8 nitrogen and oxygen atoms in total. The van der Waals surface area contributed by atoms with Gasteiger partial charge in [0.15, 0.2) is 0 Å². The van der Waals surface area contributed by atoms with Crippen LogP contribution in [-0.2, 0) is 9.53 Å². The summed E-state index contributed by atoms with van der Waals surface area (Å²) in [5.74, 6) is -1.20. The van der Waals surface area contributed by atoms with E-state index in [0.717, 1.165) is 4.90 Å². The quantitative estimate of drug-likeness (QED) is 0.709. The maximum absolute atomic E-state index is 13.0. The summed E-state index contributed by atoms with van der Waals surface area (Å²) in [6.45, 7) is 8.60. The number of ether oxygens (including phenoxy) is 1. The Balaban J connectivity index is 1.66. The second-order valence-electron chi connectivity index (χ2n) is 8.35. The van der Waals surface area contributed by atoms with Crippen molar-refractivity contribution in [2.75, 3.05) is 26.2 Å². The molecule has 0 saturated carbocycles. The van der Waals surface area contributed by atoms with Crippen LogP contribution in [0.4, 0.5) is 4.79 Å². The molecule has 0 aliphatic carbocycles. The van der Waals surface area contributed by atoms with Crippen LogP contribution in [-0.4, -0.2) is 76.3 Å². The first-order chi connectivity index (χ1) is 13.6. The lowest BCUT2D eigenvalue weighted by Crippen LogP contribution is -2.50. The van der Waals surface area contributed by atoms with Gasteiger partial charge in [-0.2, -0.15) is 0 Å². The molecule has 2 aliphatic rings. The number of carbonyl (C=O) groups is 4. The Morgan fingerprint density at radius 1 is 0.931 bits per heavy atom.